The van der Waals surface area contributed by atoms with E-state index in [1.54, 1.807) is 56.3 Å². The Hall–Kier alpha value is -2.15. The number of amides is 1. The molecule has 2 rings (SSSR count). The highest BCUT2D eigenvalue weighted by Gasteiger charge is 2.20. The van der Waals surface area contributed by atoms with Crippen molar-refractivity contribution in [1.29, 1.82) is 0 Å². The molecule has 7 heteroatoms. The Kier molecular flexibility index (Phi) is 7.59. The van der Waals surface area contributed by atoms with Gasteiger partial charge in [-0.05, 0) is 41.5 Å². The molecule has 2 aromatic carbocycles. The zero-order valence-corrected chi connectivity index (χ0v) is 16.9. The number of nitrogens with one attached hydrogen (secondary N) is 1. The minimum atomic E-state index is -3.47. The van der Waals surface area contributed by atoms with Crippen molar-refractivity contribution in [3.63, 3.8) is 0 Å². The predicted molar refractivity (Wildman–Crippen MR) is 109 cm³/mol. The number of hydrogen-bond donors (Lipinski definition) is 1. The average molecular weight is 407 g/mol. The minimum absolute atomic E-state index is 0.232. The molecule has 27 heavy (non-hydrogen) atoms. The van der Waals surface area contributed by atoms with Gasteiger partial charge in [0, 0.05) is 30.7 Å². The number of benzene rings is 2. The molecule has 0 spiro atoms. The molecule has 2 aromatic rings. The van der Waals surface area contributed by atoms with Crippen molar-refractivity contribution < 1.29 is 13.2 Å². The van der Waals surface area contributed by atoms with Crippen LogP contribution in [0, 0.1) is 0 Å². The summed E-state index contributed by atoms with van der Waals surface area (Å²) < 4.78 is 26.3. The molecule has 0 saturated heterocycles. The first-order chi connectivity index (χ1) is 12.9. The normalized spacial score (nSPS) is 11.9. The van der Waals surface area contributed by atoms with Gasteiger partial charge in [-0.3, -0.25) is 4.79 Å². The third-order valence-corrected chi connectivity index (χ3v) is 6.35. The van der Waals surface area contributed by atoms with E-state index in [0.717, 1.165) is 11.1 Å². The number of hydrogen-bond acceptors (Lipinski definition) is 3. The molecule has 0 unspecified atom stereocenters. The zero-order valence-electron chi connectivity index (χ0n) is 15.4. The maximum Gasteiger partial charge on any atom is 0.244 e. The van der Waals surface area contributed by atoms with E-state index < -0.39 is 10.0 Å². The molecule has 144 valence electrons. The number of nitrogens with zero attached hydrogens (tertiary/aromatic N) is 1. The summed E-state index contributed by atoms with van der Waals surface area (Å²) in [4.78, 5) is 12.2. The molecular weight excluding hydrogens is 384 g/mol. The number of carbonyl (C=O) groups is 1. The van der Waals surface area contributed by atoms with Crippen LogP contribution in [0.3, 0.4) is 0 Å². The van der Waals surface area contributed by atoms with Crippen molar-refractivity contribution in [2.45, 2.75) is 25.3 Å². The second-order valence-electron chi connectivity index (χ2n) is 5.84. The lowest BCUT2D eigenvalue weighted by molar-refractivity contribution is -0.116. The van der Waals surface area contributed by atoms with Crippen molar-refractivity contribution in [3.05, 3.63) is 70.8 Å². The van der Waals surface area contributed by atoms with Crippen LogP contribution in [0.1, 0.15) is 25.0 Å². The van der Waals surface area contributed by atoms with Gasteiger partial charge in [0.05, 0.1) is 4.90 Å². The van der Waals surface area contributed by atoms with Gasteiger partial charge in [0.1, 0.15) is 0 Å². The molecule has 5 nitrogen and oxygen atoms in total. The Morgan fingerprint density at radius 2 is 1.63 bits per heavy atom. The summed E-state index contributed by atoms with van der Waals surface area (Å²) >= 11 is 5.83. The molecule has 0 heterocycles. The first kappa shape index (κ1) is 21.2. The highest BCUT2D eigenvalue weighted by Crippen LogP contribution is 2.16. The predicted octanol–water partition coefficient (Wildman–Crippen LogP) is 3.70. The van der Waals surface area contributed by atoms with E-state index in [1.807, 2.05) is 12.1 Å². The van der Waals surface area contributed by atoms with E-state index in [-0.39, 0.29) is 10.8 Å². The van der Waals surface area contributed by atoms with Gasteiger partial charge in [-0.2, -0.15) is 4.31 Å². The average Bonchev–Trinajstić information content (AvgIpc) is 2.67. The number of rotatable bonds is 8. The van der Waals surface area contributed by atoms with Gasteiger partial charge in [-0.25, -0.2) is 8.42 Å². The number of halogens is 1. The van der Waals surface area contributed by atoms with Gasteiger partial charge in [-0.1, -0.05) is 49.7 Å². The van der Waals surface area contributed by atoms with Crippen molar-refractivity contribution in [1.82, 2.24) is 9.62 Å². The summed E-state index contributed by atoms with van der Waals surface area (Å²) in [6, 6.07) is 13.7. The van der Waals surface area contributed by atoms with E-state index in [2.05, 4.69) is 5.32 Å². The fraction of sp³-hybridized carbons (Fsp3) is 0.250. The van der Waals surface area contributed by atoms with Crippen LogP contribution in [0.4, 0.5) is 0 Å². The van der Waals surface area contributed by atoms with Gasteiger partial charge in [0.2, 0.25) is 15.9 Å². The second kappa shape index (κ2) is 9.69. The van der Waals surface area contributed by atoms with Crippen molar-refractivity contribution in [3.8, 4) is 0 Å². The summed E-state index contributed by atoms with van der Waals surface area (Å²) in [5, 5.41) is 3.43. The Bertz CT molecular complexity index is 888. The quantitative estimate of drug-likeness (QED) is 0.679. The number of sulfonamides is 1. The Morgan fingerprint density at radius 3 is 2.19 bits per heavy atom. The van der Waals surface area contributed by atoms with Gasteiger partial charge in [0.15, 0.2) is 0 Å². The SMILES string of the molecule is CCN(CC)S(=O)(=O)c1ccc(/C=C/C(=O)NCc2ccc(Cl)cc2)cc1. The van der Waals surface area contributed by atoms with Gasteiger partial charge in [-0.15, -0.1) is 0 Å². The van der Waals surface area contributed by atoms with Crippen LogP contribution in [0.15, 0.2) is 59.5 Å². The monoisotopic (exact) mass is 406 g/mol. The summed E-state index contributed by atoms with van der Waals surface area (Å²) in [6.45, 7) is 4.87. The Morgan fingerprint density at radius 1 is 1.04 bits per heavy atom. The highest BCUT2D eigenvalue weighted by atomic mass is 35.5. The zero-order chi connectivity index (χ0) is 19.9. The summed E-state index contributed by atoms with van der Waals surface area (Å²) in [7, 11) is -3.47. The molecule has 0 saturated carbocycles. The molecule has 0 aliphatic heterocycles. The minimum Gasteiger partial charge on any atom is -0.348 e. The van der Waals surface area contributed by atoms with Gasteiger partial charge < -0.3 is 5.32 Å². The van der Waals surface area contributed by atoms with Crippen LogP contribution in [0.25, 0.3) is 6.08 Å². The van der Waals surface area contributed by atoms with Gasteiger partial charge >= 0.3 is 0 Å². The van der Waals surface area contributed by atoms with Crippen LogP contribution in [0.2, 0.25) is 5.02 Å². The fourth-order valence-electron chi connectivity index (χ4n) is 2.49. The maximum absolute atomic E-state index is 12.4. The summed E-state index contributed by atoms with van der Waals surface area (Å²) in [5.41, 5.74) is 1.70. The standard InChI is InChI=1S/C20H23ClN2O3S/c1-3-23(4-2)27(25,26)19-12-7-16(8-13-19)9-14-20(24)22-15-17-5-10-18(21)11-6-17/h5-14H,3-4,15H2,1-2H3,(H,22,24)/b14-9+. The van der Waals surface area contributed by atoms with Crippen molar-refractivity contribution >= 4 is 33.6 Å². The molecule has 0 bridgehead atoms. The van der Waals surface area contributed by atoms with Gasteiger partial charge in [0.25, 0.3) is 0 Å². The highest BCUT2D eigenvalue weighted by molar-refractivity contribution is 7.89. The van der Waals surface area contributed by atoms with E-state index in [4.69, 9.17) is 11.6 Å². The largest absolute Gasteiger partial charge is 0.348 e. The molecule has 0 fully saturated rings. The van der Waals surface area contributed by atoms with Crippen LogP contribution in [0.5, 0.6) is 0 Å². The molecular formula is C20H23ClN2O3S. The van der Waals surface area contributed by atoms with Crippen molar-refractivity contribution in [2.24, 2.45) is 0 Å². The van der Waals surface area contributed by atoms with Crippen LogP contribution < -0.4 is 5.32 Å². The molecule has 0 aromatic heterocycles. The van der Waals surface area contributed by atoms with E-state index in [1.165, 1.54) is 10.4 Å². The fourth-order valence-corrected chi connectivity index (χ4v) is 4.07. The number of carbonyl (C=O) groups excluding carboxylic acids is 1. The third-order valence-electron chi connectivity index (χ3n) is 4.03. The van der Waals surface area contributed by atoms with E-state index in [0.29, 0.717) is 24.7 Å². The molecule has 0 aliphatic rings. The lowest BCUT2D eigenvalue weighted by Crippen LogP contribution is -2.30. The topological polar surface area (TPSA) is 66.5 Å². The van der Waals surface area contributed by atoms with Crippen LogP contribution in [-0.2, 0) is 21.4 Å². The lowest BCUT2D eigenvalue weighted by atomic mass is 10.2. The molecule has 0 radical (unpaired) electrons. The molecule has 1 amide bonds. The van der Waals surface area contributed by atoms with Crippen LogP contribution in [-0.4, -0.2) is 31.7 Å². The smallest absolute Gasteiger partial charge is 0.244 e. The third kappa shape index (κ3) is 5.92. The first-order valence-electron chi connectivity index (χ1n) is 8.67. The second-order valence-corrected chi connectivity index (χ2v) is 8.21. The summed E-state index contributed by atoms with van der Waals surface area (Å²) in [6.07, 6.45) is 3.06. The first-order valence-corrected chi connectivity index (χ1v) is 10.5. The van der Waals surface area contributed by atoms with Crippen LogP contribution >= 0.6 is 11.6 Å². The van der Waals surface area contributed by atoms with E-state index >= 15 is 0 Å². The Labute approximate surface area is 165 Å². The molecule has 0 aliphatic carbocycles. The maximum atomic E-state index is 12.4. The van der Waals surface area contributed by atoms with E-state index in [9.17, 15) is 13.2 Å². The lowest BCUT2D eigenvalue weighted by Gasteiger charge is -2.18. The summed E-state index contributed by atoms with van der Waals surface area (Å²) in [5.74, 6) is -0.232. The van der Waals surface area contributed by atoms with Crippen molar-refractivity contribution in [2.75, 3.05) is 13.1 Å². The molecule has 1 N–H and O–H groups in total. The Balaban J connectivity index is 1.97. The molecule has 0 atom stereocenters.